The summed E-state index contributed by atoms with van der Waals surface area (Å²) in [5.41, 5.74) is 0.651. The summed E-state index contributed by atoms with van der Waals surface area (Å²) in [6, 6.07) is 9.54. The van der Waals surface area contributed by atoms with Crippen molar-refractivity contribution in [3.05, 3.63) is 65.4 Å². The number of pyridine rings is 1. The number of aryl methyl sites for hydroxylation is 1. The van der Waals surface area contributed by atoms with E-state index in [9.17, 15) is 22.8 Å². The number of urea groups is 1. The lowest BCUT2D eigenvalue weighted by Crippen LogP contribution is -2.32. The number of aromatic nitrogens is 1. The van der Waals surface area contributed by atoms with Gasteiger partial charge >= 0.3 is 12.2 Å². The number of fused-ring (bicyclic) bond motifs is 1. The number of nitrogens with one attached hydrogen (secondary N) is 1. The van der Waals surface area contributed by atoms with Crippen LogP contribution in [0.1, 0.15) is 28.4 Å². The van der Waals surface area contributed by atoms with E-state index in [0.29, 0.717) is 36.2 Å². The van der Waals surface area contributed by atoms with Crippen molar-refractivity contribution in [1.29, 1.82) is 0 Å². The Kier molecular flexibility index (Phi) is 5.50. The van der Waals surface area contributed by atoms with Crippen LogP contribution in [0.4, 0.5) is 29.3 Å². The van der Waals surface area contributed by atoms with Crippen LogP contribution in [0.2, 0.25) is 0 Å². The maximum atomic E-state index is 13.3. The predicted octanol–water partition coefficient (Wildman–Crippen LogP) is 5.08. The molecular formula is C23H21F3N4O2. The van der Waals surface area contributed by atoms with Crippen LogP contribution in [-0.2, 0) is 6.18 Å². The third-order valence-electron chi connectivity index (χ3n) is 5.52. The smallest absolute Gasteiger partial charge is 0.323 e. The van der Waals surface area contributed by atoms with Crippen LogP contribution in [0.15, 0.2) is 48.7 Å². The summed E-state index contributed by atoms with van der Waals surface area (Å²) in [6.07, 6.45) is -3.06. The third kappa shape index (κ3) is 3.74. The molecule has 1 fully saturated rings. The molecule has 1 N–H and O–H groups in total. The number of para-hydroxylation sites is 1. The van der Waals surface area contributed by atoms with Crippen LogP contribution in [0.25, 0.3) is 10.9 Å². The van der Waals surface area contributed by atoms with E-state index in [4.69, 9.17) is 0 Å². The van der Waals surface area contributed by atoms with Crippen LogP contribution in [0.3, 0.4) is 0 Å². The number of carbonyl (C=O) groups excluding carboxylic acids is 2. The van der Waals surface area contributed by atoms with Crippen LogP contribution >= 0.6 is 0 Å². The highest BCUT2D eigenvalue weighted by Gasteiger charge is 2.35. The van der Waals surface area contributed by atoms with E-state index < -0.39 is 23.2 Å². The van der Waals surface area contributed by atoms with E-state index in [1.54, 1.807) is 34.2 Å². The molecule has 1 aromatic heterocycles. The van der Waals surface area contributed by atoms with E-state index in [-0.39, 0.29) is 11.7 Å². The van der Waals surface area contributed by atoms with E-state index in [1.165, 1.54) is 12.1 Å². The van der Waals surface area contributed by atoms with Gasteiger partial charge in [0.1, 0.15) is 0 Å². The second-order valence-corrected chi connectivity index (χ2v) is 7.50. The Balaban J connectivity index is 1.75. The van der Waals surface area contributed by atoms with Gasteiger partial charge in [0.2, 0.25) is 0 Å². The van der Waals surface area contributed by atoms with Crippen LogP contribution < -0.4 is 10.2 Å². The van der Waals surface area contributed by atoms with E-state index in [2.05, 4.69) is 10.3 Å². The van der Waals surface area contributed by atoms with Gasteiger partial charge in [-0.05, 0) is 37.6 Å². The van der Waals surface area contributed by atoms with Gasteiger partial charge in [-0.2, -0.15) is 13.2 Å². The molecule has 3 aromatic rings. The molecule has 166 valence electrons. The topological polar surface area (TPSA) is 65.5 Å². The lowest BCUT2D eigenvalue weighted by Gasteiger charge is -2.22. The van der Waals surface area contributed by atoms with Gasteiger partial charge in [0.05, 0.1) is 28.0 Å². The van der Waals surface area contributed by atoms with Crippen molar-refractivity contribution in [3.8, 4) is 0 Å². The number of benzene rings is 2. The highest BCUT2D eigenvalue weighted by atomic mass is 19.4. The van der Waals surface area contributed by atoms with Gasteiger partial charge < -0.3 is 10.2 Å². The number of alkyl halides is 3. The molecule has 4 rings (SSSR count). The van der Waals surface area contributed by atoms with Gasteiger partial charge in [-0.15, -0.1) is 0 Å². The third-order valence-corrected chi connectivity index (χ3v) is 5.52. The Morgan fingerprint density at radius 1 is 1.12 bits per heavy atom. The number of amides is 3. The van der Waals surface area contributed by atoms with Crippen molar-refractivity contribution >= 4 is 34.2 Å². The second kappa shape index (κ2) is 8.14. The standard InChI is InChI=1S/C23H21F3N4O2/c1-3-29-11-12-30(22(29)32)20-14(2)13-27-19-16(20)8-6-10-18(19)28-21(31)15-7-4-5-9-17(15)23(24,25)26/h4-10,13H,3,11-12H2,1-2H3,(H,28,31). The van der Waals surface area contributed by atoms with Crippen LogP contribution in [-0.4, -0.2) is 41.5 Å². The van der Waals surface area contributed by atoms with Gasteiger partial charge in [-0.1, -0.05) is 24.3 Å². The summed E-state index contributed by atoms with van der Waals surface area (Å²) >= 11 is 0. The van der Waals surface area contributed by atoms with Gasteiger partial charge in [0.15, 0.2) is 0 Å². The summed E-state index contributed by atoms with van der Waals surface area (Å²) in [5, 5.41) is 3.20. The molecule has 0 unspecified atom stereocenters. The molecule has 2 aromatic carbocycles. The van der Waals surface area contributed by atoms with Gasteiger partial charge in [0.25, 0.3) is 5.91 Å². The Bertz CT molecular complexity index is 1210. The fourth-order valence-electron chi connectivity index (χ4n) is 3.97. The molecule has 0 radical (unpaired) electrons. The first kappa shape index (κ1) is 21.6. The van der Waals surface area contributed by atoms with Crippen molar-refractivity contribution in [3.63, 3.8) is 0 Å². The van der Waals surface area contributed by atoms with E-state index in [0.717, 1.165) is 17.7 Å². The number of halogens is 3. The molecule has 0 bridgehead atoms. The van der Waals surface area contributed by atoms with Crippen LogP contribution in [0.5, 0.6) is 0 Å². The number of nitrogens with zero attached hydrogens (tertiary/aromatic N) is 3. The summed E-state index contributed by atoms with van der Waals surface area (Å²) in [4.78, 5) is 33.3. The molecule has 2 heterocycles. The van der Waals surface area contributed by atoms with Crippen molar-refractivity contribution in [1.82, 2.24) is 9.88 Å². The predicted molar refractivity (Wildman–Crippen MR) is 116 cm³/mol. The van der Waals surface area contributed by atoms with Crippen molar-refractivity contribution < 1.29 is 22.8 Å². The number of hydrogen-bond acceptors (Lipinski definition) is 3. The summed E-state index contributed by atoms with van der Waals surface area (Å²) in [6.45, 7) is 5.46. The average molecular weight is 442 g/mol. The minimum absolute atomic E-state index is 0.114. The average Bonchev–Trinajstić information content (AvgIpc) is 3.13. The largest absolute Gasteiger partial charge is 0.417 e. The quantitative estimate of drug-likeness (QED) is 0.613. The molecule has 1 saturated heterocycles. The summed E-state index contributed by atoms with van der Waals surface area (Å²) in [7, 11) is 0. The zero-order valence-corrected chi connectivity index (χ0v) is 17.5. The lowest BCUT2D eigenvalue weighted by molar-refractivity contribution is -0.137. The zero-order chi connectivity index (χ0) is 23.0. The molecule has 9 heteroatoms. The zero-order valence-electron chi connectivity index (χ0n) is 17.5. The van der Waals surface area contributed by atoms with Gasteiger partial charge in [-0.25, -0.2) is 4.79 Å². The Morgan fingerprint density at radius 3 is 2.56 bits per heavy atom. The molecule has 0 aliphatic carbocycles. The Morgan fingerprint density at radius 2 is 1.88 bits per heavy atom. The molecule has 3 amide bonds. The van der Waals surface area contributed by atoms with Crippen molar-refractivity contribution in [2.45, 2.75) is 20.0 Å². The summed E-state index contributed by atoms with van der Waals surface area (Å²) in [5.74, 6) is -0.885. The highest BCUT2D eigenvalue weighted by Crippen LogP contribution is 2.36. The summed E-state index contributed by atoms with van der Waals surface area (Å²) < 4.78 is 40.0. The minimum atomic E-state index is -4.66. The molecule has 1 aliphatic heterocycles. The Hall–Kier alpha value is -3.62. The SMILES string of the molecule is CCN1CCN(c2c(C)cnc3c(NC(=O)c4ccccc4C(F)(F)F)cccc23)C1=O. The van der Waals surface area contributed by atoms with Crippen molar-refractivity contribution in [2.24, 2.45) is 0 Å². The molecule has 0 atom stereocenters. The molecule has 6 nitrogen and oxygen atoms in total. The number of anilines is 2. The first-order valence-electron chi connectivity index (χ1n) is 10.1. The van der Waals surface area contributed by atoms with Gasteiger partial charge in [0, 0.05) is 31.2 Å². The monoisotopic (exact) mass is 442 g/mol. The fraction of sp³-hybridized carbons (Fsp3) is 0.261. The molecule has 0 saturated carbocycles. The number of rotatable bonds is 4. The van der Waals surface area contributed by atoms with Gasteiger partial charge in [-0.3, -0.25) is 14.7 Å². The van der Waals surface area contributed by atoms with Crippen molar-refractivity contribution in [2.75, 3.05) is 29.9 Å². The number of likely N-dealkylation sites (N-methyl/N-ethyl adjacent to an activating group) is 1. The van der Waals surface area contributed by atoms with E-state index >= 15 is 0 Å². The first-order valence-corrected chi connectivity index (χ1v) is 10.1. The highest BCUT2D eigenvalue weighted by molar-refractivity contribution is 6.12. The second-order valence-electron chi connectivity index (χ2n) is 7.50. The van der Waals surface area contributed by atoms with Crippen LogP contribution in [0, 0.1) is 6.92 Å². The molecular weight excluding hydrogens is 421 g/mol. The number of hydrogen-bond donors (Lipinski definition) is 1. The lowest BCUT2D eigenvalue weighted by atomic mass is 10.1. The minimum Gasteiger partial charge on any atom is -0.323 e. The normalized spacial score (nSPS) is 14.3. The fourth-order valence-corrected chi connectivity index (χ4v) is 3.97. The Labute approximate surface area is 182 Å². The molecule has 0 spiro atoms. The first-order chi connectivity index (χ1) is 15.2. The van der Waals surface area contributed by atoms with E-state index in [1.807, 2.05) is 13.8 Å². The maximum Gasteiger partial charge on any atom is 0.417 e. The molecule has 1 aliphatic rings. The maximum absolute atomic E-state index is 13.3. The molecule has 32 heavy (non-hydrogen) atoms. The number of carbonyl (C=O) groups is 2.